The number of amides is 1. The second kappa shape index (κ2) is 6.34. The first-order valence-electron chi connectivity index (χ1n) is 6.66. The van der Waals surface area contributed by atoms with Crippen LogP contribution in [0.2, 0.25) is 0 Å². The maximum atomic E-state index is 11.9. The zero-order chi connectivity index (χ0) is 13.0. The van der Waals surface area contributed by atoms with Gasteiger partial charge in [0.05, 0.1) is 6.10 Å². The van der Waals surface area contributed by atoms with Gasteiger partial charge in [-0.3, -0.25) is 4.79 Å². The molecule has 18 heavy (non-hydrogen) atoms. The van der Waals surface area contributed by atoms with E-state index in [1.807, 2.05) is 16.2 Å². The quantitative estimate of drug-likeness (QED) is 0.910. The predicted octanol–water partition coefficient (Wildman–Crippen LogP) is 2.36. The average Bonchev–Trinajstić information content (AvgIpc) is 2.76. The van der Waals surface area contributed by atoms with Gasteiger partial charge in [0.1, 0.15) is 0 Å². The number of thiophene rings is 1. The summed E-state index contributed by atoms with van der Waals surface area (Å²) in [5.41, 5.74) is 0. The summed E-state index contributed by atoms with van der Waals surface area (Å²) >= 11 is 1.82. The first kappa shape index (κ1) is 13.6. The Bertz CT molecular complexity index is 394. The molecular formula is C14H21NO2S. The van der Waals surface area contributed by atoms with E-state index in [4.69, 9.17) is 0 Å². The van der Waals surface area contributed by atoms with Crippen LogP contribution in [-0.2, 0) is 11.2 Å². The number of hydrogen-bond acceptors (Lipinski definition) is 3. The lowest BCUT2D eigenvalue weighted by Crippen LogP contribution is -2.39. The summed E-state index contributed by atoms with van der Waals surface area (Å²) in [4.78, 5) is 16.5. The highest BCUT2D eigenvalue weighted by atomic mass is 32.1. The molecule has 0 unspecified atom stereocenters. The standard InChI is InChI=1S/C14H21NO2S/c1-11-5-6-13(18-11)3-2-4-14(17)15-9-7-12(16)8-10-15/h5-6,12,16H,2-4,7-10H2,1H3. The lowest BCUT2D eigenvalue weighted by atomic mass is 10.1. The van der Waals surface area contributed by atoms with Gasteiger partial charge in [0.25, 0.3) is 0 Å². The molecule has 0 aliphatic carbocycles. The third kappa shape index (κ3) is 3.82. The molecule has 0 radical (unpaired) electrons. The van der Waals surface area contributed by atoms with Gasteiger partial charge in [-0.1, -0.05) is 0 Å². The van der Waals surface area contributed by atoms with Gasteiger partial charge < -0.3 is 10.0 Å². The third-order valence-corrected chi connectivity index (χ3v) is 4.49. The van der Waals surface area contributed by atoms with Crippen LogP contribution in [0, 0.1) is 6.92 Å². The van der Waals surface area contributed by atoms with Gasteiger partial charge in [0.2, 0.25) is 5.91 Å². The Morgan fingerprint density at radius 1 is 1.44 bits per heavy atom. The SMILES string of the molecule is Cc1ccc(CCCC(=O)N2CCC(O)CC2)s1. The van der Waals surface area contributed by atoms with Crippen LogP contribution in [-0.4, -0.2) is 35.1 Å². The van der Waals surface area contributed by atoms with Crippen molar-refractivity contribution in [1.29, 1.82) is 0 Å². The maximum Gasteiger partial charge on any atom is 0.222 e. The fourth-order valence-corrected chi connectivity index (χ4v) is 3.24. The number of nitrogens with zero attached hydrogens (tertiary/aromatic N) is 1. The smallest absolute Gasteiger partial charge is 0.222 e. The minimum atomic E-state index is -0.205. The van der Waals surface area contributed by atoms with Crippen molar-refractivity contribution >= 4 is 17.2 Å². The van der Waals surface area contributed by atoms with E-state index in [0.29, 0.717) is 6.42 Å². The van der Waals surface area contributed by atoms with Gasteiger partial charge in [0, 0.05) is 29.3 Å². The van der Waals surface area contributed by atoms with E-state index in [0.717, 1.165) is 38.8 Å². The largest absolute Gasteiger partial charge is 0.393 e. The maximum absolute atomic E-state index is 11.9. The first-order chi connectivity index (χ1) is 8.65. The summed E-state index contributed by atoms with van der Waals surface area (Å²) in [6, 6.07) is 4.29. The monoisotopic (exact) mass is 267 g/mol. The van der Waals surface area contributed by atoms with Crippen LogP contribution < -0.4 is 0 Å². The van der Waals surface area contributed by atoms with Crippen LogP contribution in [0.3, 0.4) is 0 Å². The third-order valence-electron chi connectivity index (χ3n) is 3.43. The lowest BCUT2D eigenvalue weighted by Gasteiger charge is -2.29. The normalized spacial score (nSPS) is 17.1. The summed E-state index contributed by atoms with van der Waals surface area (Å²) < 4.78 is 0. The summed E-state index contributed by atoms with van der Waals surface area (Å²) in [5.74, 6) is 0.246. The van der Waals surface area contributed by atoms with Gasteiger partial charge in [-0.2, -0.15) is 0 Å². The molecule has 1 aliphatic rings. The van der Waals surface area contributed by atoms with Gasteiger partial charge in [-0.05, 0) is 44.7 Å². The number of rotatable bonds is 4. The van der Waals surface area contributed by atoms with Gasteiger partial charge in [0.15, 0.2) is 0 Å². The lowest BCUT2D eigenvalue weighted by molar-refractivity contribution is -0.133. The Hall–Kier alpha value is -0.870. The van der Waals surface area contributed by atoms with Crippen LogP contribution in [0.5, 0.6) is 0 Å². The number of aliphatic hydroxyl groups is 1. The molecular weight excluding hydrogens is 246 g/mol. The molecule has 1 amide bonds. The van der Waals surface area contributed by atoms with Crippen molar-refractivity contribution in [3.63, 3.8) is 0 Å². The molecule has 3 nitrogen and oxygen atoms in total. The molecule has 1 N–H and O–H groups in total. The van der Waals surface area contributed by atoms with Crippen molar-refractivity contribution in [1.82, 2.24) is 4.90 Å². The van der Waals surface area contributed by atoms with E-state index < -0.39 is 0 Å². The second-order valence-corrected chi connectivity index (χ2v) is 6.35. The van der Waals surface area contributed by atoms with Crippen molar-refractivity contribution in [3.05, 3.63) is 21.9 Å². The summed E-state index contributed by atoms with van der Waals surface area (Å²) in [5, 5.41) is 9.40. The van der Waals surface area contributed by atoms with E-state index >= 15 is 0 Å². The molecule has 2 heterocycles. The molecule has 0 bridgehead atoms. The molecule has 2 rings (SSSR count). The molecule has 1 saturated heterocycles. The fraction of sp³-hybridized carbons (Fsp3) is 0.643. The average molecular weight is 267 g/mol. The highest BCUT2D eigenvalue weighted by Crippen LogP contribution is 2.18. The van der Waals surface area contributed by atoms with E-state index in [-0.39, 0.29) is 12.0 Å². The van der Waals surface area contributed by atoms with Crippen LogP contribution >= 0.6 is 11.3 Å². The number of aliphatic hydroxyl groups excluding tert-OH is 1. The number of hydrogen-bond donors (Lipinski definition) is 1. The molecule has 0 saturated carbocycles. The van der Waals surface area contributed by atoms with Crippen LogP contribution in [0.25, 0.3) is 0 Å². The summed E-state index contributed by atoms with van der Waals surface area (Å²) in [6.07, 6.45) is 3.82. The van der Waals surface area contributed by atoms with Gasteiger partial charge in [-0.15, -0.1) is 11.3 Å². The number of carbonyl (C=O) groups excluding carboxylic acids is 1. The van der Waals surface area contributed by atoms with Crippen molar-refractivity contribution in [2.75, 3.05) is 13.1 Å². The molecule has 4 heteroatoms. The highest BCUT2D eigenvalue weighted by Gasteiger charge is 2.20. The first-order valence-corrected chi connectivity index (χ1v) is 7.48. The van der Waals surface area contributed by atoms with Crippen molar-refractivity contribution in [2.45, 2.75) is 45.1 Å². The van der Waals surface area contributed by atoms with E-state index in [2.05, 4.69) is 19.1 Å². The fourth-order valence-electron chi connectivity index (χ4n) is 2.31. The predicted molar refractivity (Wildman–Crippen MR) is 73.8 cm³/mol. The minimum Gasteiger partial charge on any atom is -0.393 e. The molecule has 1 aromatic rings. The van der Waals surface area contributed by atoms with Crippen LogP contribution in [0.15, 0.2) is 12.1 Å². The van der Waals surface area contributed by atoms with Crippen molar-refractivity contribution in [2.24, 2.45) is 0 Å². The van der Waals surface area contributed by atoms with E-state index in [1.165, 1.54) is 9.75 Å². The second-order valence-electron chi connectivity index (χ2n) is 4.98. The number of aryl methyl sites for hydroxylation is 2. The van der Waals surface area contributed by atoms with Crippen LogP contribution in [0.4, 0.5) is 0 Å². The number of likely N-dealkylation sites (tertiary alicyclic amines) is 1. The zero-order valence-corrected chi connectivity index (χ0v) is 11.7. The molecule has 1 aromatic heterocycles. The van der Waals surface area contributed by atoms with E-state index in [1.54, 1.807) is 0 Å². The topological polar surface area (TPSA) is 40.5 Å². The Balaban J connectivity index is 1.68. The molecule has 1 aliphatic heterocycles. The zero-order valence-electron chi connectivity index (χ0n) is 10.9. The minimum absolute atomic E-state index is 0.205. The Morgan fingerprint density at radius 2 is 2.17 bits per heavy atom. The molecule has 0 atom stereocenters. The molecule has 0 aromatic carbocycles. The van der Waals surface area contributed by atoms with Gasteiger partial charge in [-0.25, -0.2) is 0 Å². The highest BCUT2D eigenvalue weighted by molar-refractivity contribution is 7.11. The van der Waals surface area contributed by atoms with Crippen molar-refractivity contribution in [3.8, 4) is 0 Å². The summed E-state index contributed by atoms with van der Waals surface area (Å²) in [6.45, 7) is 3.55. The Morgan fingerprint density at radius 3 is 2.78 bits per heavy atom. The molecule has 100 valence electrons. The van der Waals surface area contributed by atoms with Crippen LogP contribution in [0.1, 0.15) is 35.4 Å². The van der Waals surface area contributed by atoms with E-state index in [9.17, 15) is 9.90 Å². The Kier molecular flexibility index (Phi) is 4.78. The number of piperidine rings is 1. The number of carbonyl (C=O) groups is 1. The van der Waals surface area contributed by atoms with Crippen molar-refractivity contribution < 1.29 is 9.90 Å². The molecule has 0 spiro atoms. The molecule has 1 fully saturated rings. The summed E-state index contributed by atoms with van der Waals surface area (Å²) in [7, 11) is 0. The van der Waals surface area contributed by atoms with Gasteiger partial charge >= 0.3 is 0 Å². The Labute approximate surface area is 112 Å².